The summed E-state index contributed by atoms with van der Waals surface area (Å²) in [6.07, 6.45) is 0. The van der Waals surface area contributed by atoms with Gasteiger partial charge in [0.25, 0.3) is 0 Å². The molecule has 0 fully saturated rings. The van der Waals surface area contributed by atoms with E-state index in [1.54, 1.807) is 0 Å². The van der Waals surface area contributed by atoms with Crippen LogP contribution < -0.4 is 0 Å². The Bertz CT molecular complexity index is 3020. The number of benzene rings is 8. The van der Waals surface area contributed by atoms with Crippen LogP contribution in [0.1, 0.15) is 86.1 Å². The van der Waals surface area contributed by atoms with Gasteiger partial charge in [-0.15, -0.1) is 0 Å². The van der Waals surface area contributed by atoms with E-state index in [4.69, 9.17) is 0 Å². The van der Waals surface area contributed by atoms with Gasteiger partial charge in [0, 0.05) is 16.2 Å². The van der Waals surface area contributed by atoms with Crippen LogP contribution in [0.4, 0.5) is 0 Å². The van der Waals surface area contributed by atoms with Crippen molar-refractivity contribution in [2.24, 2.45) is 0 Å². The maximum Gasteiger partial charge on any atom is 0.0159 e. The normalized spacial score (nSPS) is 16.1. The minimum Gasteiger partial charge on any atom is -0.0619 e. The van der Waals surface area contributed by atoms with Crippen LogP contribution in [-0.2, 0) is 16.2 Å². The maximum atomic E-state index is 2.53. The highest BCUT2D eigenvalue weighted by Crippen LogP contribution is 2.54. The van der Waals surface area contributed by atoms with E-state index in [2.05, 4.69) is 189 Å². The van der Waals surface area contributed by atoms with Crippen LogP contribution in [0.2, 0.25) is 0 Å². The fourth-order valence-electron chi connectivity index (χ4n) is 11.0. The molecule has 55 heavy (non-hydrogen) atoms. The first-order valence-corrected chi connectivity index (χ1v) is 20.0. The Hall–Kier alpha value is -5.72. The average molecular weight is 707 g/mol. The molecule has 0 radical (unpaired) electrons. The molecule has 0 amide bonds. The molecule has 8 aromatic rings. The maximum absolute atomic E-state index is 2.53. The van der Waals surface area contributed by atoms with Crippen molar-refractivity contribution in [2.75, 3.05) is 0 Å². The first-order valence-electron chi connectivity index (χ1n) is 20.0. The van der Waals surface area contributed by atoms with Crippen molar-refractivity contribution in [2.45, 2.75) is 71.6 Å². The second kappa shape index (κ2) is 10.7. The van der Waals surface area contributed by atoms with Gasteiger partial charge in [0.15, 0.2) is 0 Å². The number of rotatable bonds is 2. The summed E-state index contributed by atoms with van der Waals surface area (Å²) >= 11 is 0. The quantitative estimate of drug-likeness (QED) is 0.157. The van der Waals surface area contributed by atoms with Gasteiger partial charge in [-0.2, -0.15) is 0 Å². The fraction of sp³-hybridized carbons (Fsp3) is 0.200. The molecule has 3 aliphatic carbocycles. The van der Waals surface area contributed by atoms with Gasteiger partial charge in [-0.1, -0.05) is 139 Å². The molecule has 0 aromatic heterocycles. The van der Waals surface area contributed by atoms with E-state index in [1.807, 2.05) is 0 Å². The molecule has 0 saturated carbocycles. The van der Waals surface area contributed by atoms with Crippen molar-refractivity contribution in [3.8, 4) is 55.6 Å². The zero-order valence-electron chi connectivity index (χ0n) is 33.2. The molecule has 0 aliphatic heterocycles. The Morgan fingerprint density at radius 1 is 0.273 bits per heavy atom. The summed E-state index contributed by atoms with van der Waals surface area (Å²) in [5.74, 6) is 0. The predicted octanol–water partition coefficient (Wildman–Crippen LogP) is 14.9. The van der Waals surface area contributed by atoms with E-state index in [-0.39, 0.29) is 16.2 Å². The Morgan fingerprint density at radius 2 is 0.618 bits per heavy atom. The van der Waals surface area contributed by atoms with Gasteiger partial charge in [-0.25, -0.2) is 0 Å². The molecule has 3 aliphatic rings. The lowest BCUT2D eigenvalue weighted by molar-refractivity contribution is 0.660. The van der Waals surface area contributed by atoms with E-state index < -0.39 is 0 Å². The Labute approximate surface area is 325 Å². The highest BCUT2D eigenvalue weighted by Gasteiger charge is 2.38. The summed E-state index contributed by atoms with van der Waals surface area (Å²) in [5.41, 5.74) is 24.5. The standard InChI is InChI=1S/C55H46/c1-31-37-21-17-33(34-18-22-40-38-13-9-11-15-47(38)53(3,4)49(40)26-34)25-43(37)32(2)45-30-52-46(29-44(31)45)42-24-20-36(28-51(42)55(52,7)8)35-19-23-41-39-14-10-12-16-48(39)54(5,6)50(41)27-35/h9-30H,1-8H3. The molecule has 0 unspecified atom stereocenters. The number of hydrogen-bond donors (Lipinski definition) is 0. The van der Waals surface area contributed by atoms with Crippen molar-refractivity contribution < 1.29 is 0 Å². The van der Waals surface area contributed by atoms with Crippen LogP contribution >= 0.6 is 0 Å². The van der Waals surface area contributed by atoms with Crippen LogP contribution in [0, 0.1) is 13.8 Å². The second-order valence-electron chi connectivity index (χ2n) is 18.2. The lowest BCUT2D eigenvalue weighted by Crippen LogP contribution is -2.15. The van der Waals surface area contributed by atoms with Crippen LogP contribution in [-0.4, -0.2) is 0 Å². The van der Waals surface area contributed by atoms with Crippen LogP contribution in [0.3, 0.4) is 0 Å². The van der Waals surface area contributed by atoms with Gasteiger partial charge in [0.2, 0.25) is 0 Å². The van der Waals surface area contributed by atoms with Crippen molar-refractivity contribution in [3.63, 3.8) is 0 Å². The predicted molar refractivity (Wildman–Crippen MR) is 234 cm³/mol. The largest absolute Gasteiger partial charge is 0.0619 e. The molecule has 0 atom stereocenters. The Kier molecular flexibility index (Phi) is 6.38. The van der Waals surface area contributed by atoms with E-state index in [0.29, 0.717) is 0 Å². The molecule has 0 spiro atoms. The minimum absolute atomic E-state index is 0.0149. The van der Waals surface area contributed by atoms with Gasteiger partial charge in [-0.3, -0.25) is 0 Å². The zero-order valence-corrected chi connectivity index (χ0v) is 33.2. The highest BCUT2D eigenvalue weighted by molar-refractivity contribution is 6.09. The summed E-state index contributed by atoms with van der Waals surface area (Å²) in [4.78, 5) is 0. The van der Waals surface area contributed by atoms with Gasteiger partial charge in [0.05, 0.1) is 0 Å². The third kappa shape index (κ3) is 4.23. The third-order valence-electron chi connectivity index (χ3n) is 14.3. The average Bonchev–Trinajstić information content (AvgIpc) is 3.68. The molecule has 0 nitrogen and oxygen atoms in total. The first kappa shape index (κ1) is 32.7. The molecule has 11 rings (SSSR count). The van der Waals surface area contributed by atoms with E-state index in [1.165, 1.54) is 122 Å². The number of fused-ring (bicyclic) bond motifs is 11. The van der Waals surface area contributed by atoms with Crippen molar-refractivity contribution in [1.82, 2.24) is 0 Å². The summed E-state index contributed by atoms with van der Waals surface area (Å²) in [7, 11) is 0. The van der Waals surface area contributed by atoms with Crippen LogP contribution in [0.5, 0.6) is 0 Å². The van der Waals surface area contributed by atoms with Crippen molar-refractivity contribution >= 4 is 21.5 Å². The summed E-state index contributed by atoms with van der Waals surface area (Å²) < 4.78 is 0. The molecular weight excluding hydrogens is 661 g/mol. The third-order valence-corrected chi connectivity index (χ3v) is 14.3. The first-order chi connectivity index (χ1) is 26.4. The Morgan fingerprint density at radius 3 is 1.15 bits per heavy atom. The van der Waals surface area contributed by atoms with E-state index in [9.17, 15) is 0 Å². The smallest absolute Gasteiger partial charge is 0.0159 e. The van der Waals surface area contributed by atoms with Gasteiger partial charge in [0.1, 0.15) is 0 Å². The molecular formula is C55H46. The van der Waals surface area contributed by atoms with Gasteiger partial charge < -0.3 is 0 Å². The molecule has 8 aromatic carbocycles. The monoisotopic (exact) mass is 706 g/mol. The summed E-state index contributed by atoms with van der Waals surface area (Å²) in [6.45, 7) is 19.0. The SMILES string of the molecule is Cc1c2ccc(-c3ccc4c(c3)C(C)(C)c3ccccc3-4)cc2c(C)c2cc3c(cc12)-c1ccc(-c2ccc4c(c2)C(C)(C)c2ccccc2-4)cc1C3(C)C. The van der Waals surface area contributed by atoms with Gasteiger partial charge in [-0.05, 0) is 172 Å². The van der Waals surface area contributed by atoms with Gasteiger partial charge >= 0.3 is 0 Å². The molecule has 0 saturated heterocycles. The Balaban J connectivity index is 1.01. The molecule has 0 heteroatoms. The van der Waals surface area contributed by atoms with Crippen LogP contribution in [0.15, 0.2) is 133 Å². The molecule has 0 bridgehead atoms. The topological polar surface area (TPSA) is 0 Å². The molecule has 0 heterocycles. The van der Waals surface area contributed by atoms with Crippen molar-refractivity contribution in [3.05, 3.63) is 178 Å². The van der Waals surface area contributed by atoms with E-state index in [0.717, 1.165) is 0 Å². The van der Waals surface area contributed by atoms with Crippen molar-refractivity contribution in [1.29, 1.82) is 0 Å². The number of hydrogen-bond acceptors (Lipinski definition) is 0. The lowest BCUT2D eigenvalue weighted by atomic mass is 9.79. The second-order valence-corrected chi connectivity index (χ2v) is 18.2. The zero-order chi connectivity index (χ0) is 37.8. The fourth-order valence-corrected chi connectivity index (χ4v) is 11.0. The minimum atomic E-state index is -0.118. The molecule has 266 valence electrons. The van der Waals surface area contributed by atoms with Crippen LogP contribution in [0.25, 0.3) is 77.2 Å². The molecule has 0 N–H and O–H groups in total. The highest BCUT2D eigenvalue weighted by atomic mass is 14.4. The summed E-state index contributed by atoms with van der Waals surface area (Å²) in [5, 5.41) is 5.43. The van der Waals surface area contributed by atoms with E-state index >= 15 is 0 Å². The lowest BCUT2D eigenvalue weighted by Gasteiger charge is -2.24. The summed E-state index contributed by atoms with van der Waals surface area (Å²) in [6, 6.07) is 51.5. The number of aryl methyl sites for hydroxylation is 2.